The van der Waals surface area contributed by atoms with Crippen LogP contribution in [0.25, 0.3) is 27.8 Å². The third-order valence-corrected chi connectivity index (χ3v) is 4.41. The van der Waals surface area contributed by atoms with E-state index in [-0.39, 0.29) is 5.69 Å². The summed E-state index contributed by atoms with van der Waals surface area (Å²) in [5, 5.41) is 13.9. The van der Waals surface area contributed by atoms with Crippen LogP contribution in [0.4, 0.5) is 8.78 Å². The monoisotopic (exact) mass is 376 g/mol. The standard InChI is InChI=1S/C21H14F2N4O/c1-28-21-18-17(10-12-25-21)27(20-15(22)3-2-4-16(20)23)26-19(18)14-7-5-13(6-8-14)9-11-24/h2-8,10,12H,9H2,1H3. The lowest BCUT2D eigenvalue weighted by atomic mass is 10.1. The summed E-state index contributed by atoms with van der Waals surface area (Å²) < 4.78 is 35.4. The molecule has 0 saturated heterocycles. The highest BCUT2D eigenvalue weighted by molar-refractivity contribution is 5.97. The van der Waals surface area contributed by atoms with Crippen molar-refractivity contribution in [1.29, 1.82) is 5.26 Å². The second-order valence-corrected chi connectivity index (χ2v) is 6.08. The Morgan fingerprint density at radius 2 is 1.79 bits per heavy atom. The van der Waals surface area contributed by atoms with Gasteiger partial charge in [0.1, 0.15) is 11.4 Å². The summed E-state index contributed by atoms with van der Waals surface area (Å²) in [6, 6.07) is 14.6. The molecule has 0 N–H and O–H groups in total. The van der Waals surface area contributed by atoms with Gasteiger partial charge in [0.15, 0.2) is 11.6 Å². The number of methoxy groups -OCH3 is 1. The quantitative estimate of drug-likeness (QED) is 0.528. The molecule has 0 aliphatic heterocycles. The molecule has 0 spiro atoms. The van der Waals surface area contributed by atoms with Crippen LogP contribution in [0.3, 0.4) is 0 Å². The van der Waals surface area contributed by atoms with Gasteiger partial charge in [-0.15, -0.1) is 0 Å². The second-order valence-electron chi connectivity index (χ2n) is 6.08. The van der Waals surface area contributed by atoms with Gasteiger partial charge >= 0.3 is 0 Å². The smallest absolute Gasteiger partial charge is 0.224 e. The van der Waals surface area contributed by atoms with Crippen molar-refractivity contribution in [1.82, 2.24) is 14.8 Å². The molecule has 2 aromatic carbocycles. The number of rotatable bonds is 4. The van der Waals surface area contributed by atoms with E-state index in [1.54, 1.807) is 6.07 Å². The van der Waals surface area contributed by atoms with E-state index in [4.69, 9.17) is 10.00 Å². The van der Waals surface area contributed by atoms with Crippen molar-refractivity contribution in [2.24, 2.45) is 0 Å². The van der Waals surface area contributed by atoms with Gasteiger partial charge in [-0.1, -0.05) is 30.3 Å². The van der Waals surface area contributed by atoms with Crippen molar-refractivity contribution >= 4 is 10.9 Å². The van der Waals surface area contributed by atoms with Crippen molar-refractivity contribution in [3.63, 3.8) is 0 Å². The van der Waals surface area contributed by atoms with Crippen LogP contribution in [0, 0.1) is 23.0 Å². The van der Waals surface area contributed by atoms with Gasteiger partial charge in [0.2, 0.25) is 5.88 Å². The van der Waals surface area contributed by atoms with E-state index >= 15 is 0 Å². The maximum atomic E-state index is 14.4. The summed E-state index contributed by atoms with van der Waals surface area (Å²) in [6.07, 6.45) is 1.79. The molecular weight excluding hydrogens is 362 g/mol. The highest BCUT2D eigenvalue weighted by atomic mass is 19.1. The van der Waals surface area contributed by atoms with E-state index in [0.717, 1.165) is 5.56 Å². The van der Waals surface area contributed by atoms with Gasteiger partial charge in [-0.05, 0) is 23.8 Å². The van der Waals surface area contributed by atoms with E-state index < -0.39 is 11.6 Å². The Labute approximate surface area is 159 Å². The number of benzene rings is 2. The van der Waals surface area contributed by atoms with E-state index in [0.29, 0.717) is 34.5 Å². The number of hydrogen-bond acceptors (Lipinski definition) is 4. The molecular formula is C21H14F2N4O. The van der Waals surface area contributed by atoms with Gasteiger partial charge in [-0.25, -0.2) is 18.4 Å². The van der Waals surface area contributed by atoms with Crippen LogP contribution < -0.4 is 4.74 Å². The molecule has 0 radical (unpaired) electrons. The van der Waals surface area contributed by atoms with Gasteiger partial charge < -0.3 is 4.74 Å². The van der Waals surface area contributed by atoms with Crippen molar-refractivity contribution in [3.8, 4) is 28.9 Å². The zero-order valence-corrected chi connectivity index (χ0v) is 14.9. The number of ether oxygens (including phenoxy) is 1. The molecule has 7 heteroatoms. The van der Waals surface area contributed by atoms with E-state index in [1.807, 2.05) is 24.3 Å². The van der Waals surface area contributed by atoms with E-state index in [2.05, 4.69) is 16.2 Å². The van der Waals surface area contributed by atoms with Crippen LogP contribution in [0.1, 0.15) is 5.56 Å². The lowest BCUT2D eigenvalue weighted by Crippen LogP contribution is -2.03. The number of fused-ring (bicyclic) bond motifs is 1. The zero-order chi connectivity index (χ0) is 19.7. The fourth-order valence-electron chi connectivity index (χ4n) is 3.13. The van der Waals surface area contributed by atoms with Gasteiger partial charge in [-0.3, -0.25) is 0 Å². The molecule has 0 bridgehead atoms. The Hall–Kier alpha value is -3.79. The minimum absolute atomic E-state index is 0.270. The lowest BCUT2D eigenvalue weighted by molar-refractivity contribution is 0.403. The van der Waals surface area contributed by atoms with Crippen LogP contribution in [0.5, 0.6) is 5.88 Å². The van der Waals surface area contributed by atoms with Gasteiger partial charge in [0.05, 0.1) is 30.5 Å². The molecule has 4 aromatic rings. The number of hydrogen-bond donors (Lipinski definition) is 0. The largest absolute Gasteiger partial charge is 0.480 e. The Bertz CT molecular complexity index is 1190. The summed E-state index contributed by atoms with van der Waals surface area (Å²) in [4.78, 5) is 4.20. The fourth-order valence-corrected chi connectivity index (χ4v) is 3.13. The Kier molecular flexibility index (Phi) is 4.45. The minimum Gasteiger partial charge on any atom is -0.480 e. The van der Waals surface area contributed by atoms with Crippen LogP contribution in [-0.4, -0.2) is 21.9 Å². The highest BCUT2D eigenvalue weighted by Crippen LogP contribution is 2.35. The van der Waals surface area contributed by atoms with Crippen LogP contribution in [-0.2, 0) is 6.42 Å². The molecule has 138 valence electrons. The molecule has 0 unspecified atom stereocenters. The summed E-state index contributed by atoms with van der Waals surface area (Å²) in [5.74, 6) is -1.15. The number of halogens is 2. The summed E-state index contributed by atoms with van der Waals surface area (Å²) in [7, 11) is 1.47. The number of nitriles is 1. The van der Waals surface area contributed by atoms with Crippen LogP contribution >= 0.6 is 0 Å². The third-order valence-electron chi connectivity index (χ3n) is 4.41. The molecule has 0 amide bonds. The van der Waals surface area contributed by atoms with Crippen LogP contribution in [0.2, 0.25) is 0 Å². The first-order valence-electron chi connectivity index (χ1n) is 8.46. The molecule has 2 heterocycles. The van der Waals surface area contributed by atoms with Crippen molar-refractivity contribution in [3.05, 3.63) is 71.9 Å². The van der Waals surface area contributed by atoms with Crippen molar-refractivity contribution in [2.45, 2.75) is 6.42 Å². The fraction of sp³-hybridized carbons (Fsp3) is 0.0952. The lowest BCUT2D eigenvalue weighted by Gasteiger charge is -2.06. The number of pyridine rings is 1. The molecule has 0 aliphatic carbocycles. The molecule has 2 aromatic heterocycles. The topological polar surface area (TPSA) is 63.7 Å². The third kappa shape index (κ3) is 2.85. The first-order valence-corrected chi connectivity index (χ1v) is 8.46. The molecule has 4 rings (SSSR count). The first-order chi connectivity index (χ1) is 13.6. The molecule has 0 aliphatic rings. The first kappa shape index (κ1) is 17.6. The Balaban J connectivity index is 2.01. The van der Waals surface area contributed by atoms with E-state index in [9.17, 15) is 8.78 Å². The predicted molar refractivity (Wildman–Crippen MR) is 100 cm³/mol. The van der Waals surface area contributed by atoms with Gasteiger partial charge in [0.25, 0.3) is 0 Å². The average Bonchev–Trinajstić information content (AvgIpc) is 3.08. The minimum atomic E-state index is -0.726. The predicted octanol–water partition coefficient (Wildman–Crippen LogP) is 4.44. The average molecular weight is 376 g/mol. The summed E-state index contributed by atoms with van der Waals surface area (Å²) in [6.45, 7) is 0. The Morgan fingerprint density at radius 1 is 1.07 bits per heavy atom. The number of aromatic nitrogens is 3. The Morgan fingerprint density at radius 3 is 2.43 bits per heavy atom. The number of nitrogens with zero attached hydrogens (tertiary/aromatic N) is 4. The molecule has 0 saturated carbocycles. The van der Waals surface area contributed by atoms with Crippen LogP contribution in [0.15, 0.2) is 54.7 Å². The number of para-hydroxylation sites is 1. The molecule has 28 heavy (non-hydrogen) atoms. The van der Waals surface area contributed by atoms with Gasteiger partial charge in [-0.2, -0.15) is 10.4 Å². The maximum Gasteiger partial charge on any atom is 0.224 e. The zero-order valence-electron chi connectivity index (χ0n) is 14.9. The maximum absolute atomic E-state index is 14.4. The normalized spacial score (nSPS) is 10.8. The molecule has 0 atom stereocenters. The summed E-state index contributed by atoms with van der Waals surface area (Å²) >= 11 is 0. The molecule has 5 nitrogen and oxygen atoms in total. The van der Waals surface area contributed by atoms with Gasteiger partial charge in [0, 0.05) is 11.8 Å². The highest BCUT2D eigenvalue weighted by Gasteiger charge is 2.21. The molecule has 0 fully saturated rings. The summed E-state index contributed by atoms with van der Waals surface area (Å²) in [5.41, 5.74) is 2.25. The SMILES string of the molecule is COc1nccc2c1c(-c1ccc(CC#N)cc1)nn2-c1c(F)cccc1F. The van der Waals surface area contributed by atoms with Crippen molar-refractivity contribution < 1.29 is 13.5 Å². The van der Waals surface area contributed by atoms with E-state index in [1.165, 1.54) is 36.2 Å². The van der Waals surface area contributed by atoms with Crippen molar-refractivity contribution in [2.75, 3.05) is 7.11 Å². The second kappa shape index (κ2) is 7.08.